The van der Waals surface area contributed by atoms with Crippen molar-refractivity contribution < 1.29 is 8.42 Å². The fourth-order valence-electron chi connectivity index (χ4n) is 3.00. The molecule has 3 nitrogen and oxygen atoms in total. The van der Waals surface area contributed by atoms with Crippen molar-refractivity contribution in [2.24, 2.45) is 5.92 Å². The summed E-state index contributed by atoms with van der Waals surface area (Å²) in [6.45, 7) is 2.13. The van der Waals surface area contributed by atoms with Gasteiger partial charge in [-0.25, -0.2) is 8.42 Å². The fraction of sp³-hybridized carbons (Fsp3) is 0.600. The van der Waals surface area contributed by atoms with E-state index >= 15 is 0 Å². The van der Waals surface area contributed by atoms with Gasteiger partial charge in [0.05, 0.1) is 4.90 Å². The maximum atomic E-state index is 12.8. The molecule has 1 aliphatic rings. The second kappa shape index (κ2) is 6.86. The molecule has 0 saturated heterocycles. The van der Waals surface area contributed by atoms with Crippen molar-refractivity contribution in [3.05, 3.63) is 28.8 Å². The van der Waals surface area contributed by atoms with Gasteiger partial charge in [0.1, 0.15) is 0 Å². The van der Waals surface area contributed by atoms with Gasteiger partial charge in [-0.05, 0) is 42.5 Å². The summed E-state index contributed by atoms with van der Waals surface area (Å²) in [4.78, 5) is 0.267. The monoisotopic (exact) mass is 349 g/mol. The highest BCUT2D eigenvalue weighted by Crippen LogP contribution is 2.31. The molecule has 2 atom stereocenters. The fourth-order valence-corrected chi connectivity index (χ4v) is 5.00. The van der Waals surface area contributed by atoms with Gasteiger partial charge in [-0.2, -0.15) is 4.31 Å². The first kappa shape index (κ1) is 17.1. The Morgan fingerprint density at radius 1 is 1.29 bits per heavy atom. The summed E-state index contributed by atoms with van der Waals surface area (Å²) < 4.78 is 27.1. The van der Waals surface area contributed by atoms with Crippen molar-refractivity contribution in [3.63, 3.8) is 0 Å². The molecule has 0 aromatic heterocycles. The lowest BCUT2D eigenvalue weighted by molar-refractivity contribution is 0.213. The molecular weight excluding hydrogens is 329 g/mol. The van der Waals surface area contributed by atoms with Crippen molar-refractivity contribution in [1.82, 2.24) is 4.31 Å². The van der Waals surface area contributed by atoms with Gasteiger partial charge in [-0.15, -0.1) is 11.6 Å². The van der Waals surface area contributed by atoms with Crippen molar-refractivity contribution in [2.45, 2.75) is 49.4 Å². The van der Waals surface area contributed by atoms with E-state index in [1.54, 1.807) is 25.2 Å². The Labute approximate surface area is 137 Å². The molecule has 1 aromatic rings. The van der Waals surface area contributed by atoms with E-state index in [0.29, 0.717) is 16.5 Å². The summed E-state index contributed by atoms with van der Waals surface area (Å²) in [6.07, 6.45) is 4.27. The SMILES string of the molecule is CC1CCCCC1N(C)S(=O)(=O)c1ccc(Cl)c(CCl)c1. The molecular formula is C15H21Cl2NO2S. The molecule has 0 heterocycles. The quantitative estimate of drug-likeness (QED) is 0.760. The Kier molecular flexibility index (Phi) is 5.58. The standard InChI is InChI=1S/C15H21Cl2NO2S/c1-11-5-3-4-6-15(11)18(2)21(19,20)13-7-8-14(17)12(9-13)10-16/h7-9,11,15H,3-6,10H2,1-2H3. The third-order valence-corrected chi connectivity index (χ3v) is 6.91. The summed E-state index contributed by atoms with van der Waals surface area (Å²) in [5, 5.41) is 0.498. The van der Waals surface area contributed by atoms with Crippen LogP contribution in [0, 0.1) is 5.92 Å². The first-order valence-corrected chi connectivity index (χ1v) is 9.55. The van der Waals surface area contributed by atoms with Crippen LogP contribution in [0.15, 0.2) is 23.1 Å². The lowest BCUT2D eigenvalue weighted by atomic mass is 9.86. The van der Waals surface area contributed by atoms with Gasteiger partial charge < -0.3 is 0 Å². The minimum absolute atomic E-state index is 0.0684. The van der Waals surface area contributed by atoms with Crippen LogP contribution >= 0.6 is 23.2 Å². The number of hydrogen-bond donors (Lipinski definition) is 0. The predicted octanol–water partition coefficient (Wildman–Crippen LogP) is 4.28. The zero-order valence-electron chi connectivity index (χ0n) is 12.4. The van der Waals surface area contributed by atoms with E-state index < -0.39 is 10.0 Å². The zero-order valence-corrected chi connectivity index (χ0v) is 14.7. The van der Waals surface area contributed by atoms with Gasteiger partial charge in [0.25, 0.3) is 0 Å². The van der Waals surface area contributed by atoms with Crippen LogP contribution in [-0.4, -0.2) is 25.8 Å². The van der Waals surface area contributed by atoms with Crippen LogP contribution in [0.25, 0.3) is 0 Å². The zero-order chi connectivity index (χ0) is 15.6. The lowest BCUT2D eigenvalue weighted by Crippen LogP contribution is -2.42. The Hall–Kier alpha value is -0.290. The van der Waals surface area contributed by atoms with Crippen LogP contribution in [0.5, 0.6) is 0 Å². The smallest absolute Gasteiger partial charge is 0.207 e. The third-order valence-electron chi connectivity index (χ3n) is 4.37. The van der Waals surface area contributed by atoms with Crippen molar-refractivity contribution in [2.75, 3.05) is 7.05 Å². The van der Waals surface area contributed by atoms with Crippen LogP contribution in [0.4, 0.5) is 0 Å². The molecule has 2 unspecified atom stereocenters. The molecule has 0 spiro atoms. The lowest BCUT2D eigenvalue weighted by Gasteiger charge is -2.35. The summed E-state index contributed by atoms with van der Waals surface area (Å²) in [5.41, 5.74) is 0.643. The molecule has 0 aliphatic heterocycles. The van der Waals surface area contributed by atoms with Crippen molar-refractivity contribution in [1.29, 1.82) is 0 Å². The molecule has 0 amide bonds. The Balaban J connectivity index is 2.32. The Morgan fingerprint density at radius 2 is 1.95 bits per heavy atom. The minimum atomic E-state index is -3.50. The number of alkyl halides is 1. The Morgan fingerprint density at radius 3 is 2.57 bits per heavy atom. The molecule has 0 radical (unpaired) electrons. The summed E-state index contributed by atoms with van der Waals surface area (Å²) >= 11 is 11.8. The minimum Gasteiger partial charge on any atom is -0.207 e. The van der Waals surface area contributed by atoms with E-state index in [9.17, 15) is 8.42 Å². The van der Waals surface area contributed by atoms with E-state index in [0.717, 1.165) is 19.3 Å². The molecule has 1 aromatic carbocycles. The first-order valence-electron chi connectivity index (χ1n) is 7.20. The summed E-state index contributed by atoms with van der Waals surface area (Å²) in [5.74, 6) is 0.587. The molecule has 0 N–H and O–H groups in total. The maximum absolute atomic E-state index is 12.8. The second-order valence-corrected chi connectivity index (χ2v) is 8.41. The van der Waals surface area contributed by atoms with Gasteiger partial charge >= 0.3 is 0 Å². The van der Waals surface area contributed by atoms with Crippen LogP contribution in [0.3, 0.4) is 0 Å². The number of benzene rings is 1. The Bertz CT molecular complexity index is 604. The number of halogens is 2. The molecule has 1 aliphatic carbocycles. The number of sulfonamides is 1. The predicted molar refractivity (Wildman–Crippen MR) is 87.4 cm³/mol. The van der Waals surface area contributed by atoms with Crippen LogP contribution in [-0.2, 0) is 15.9 Å². The van der Waals surface area contributed by atoms with Gasteiger partial charge in [-0.1, -0.05) is 31.4 Å². The van der Waals surface area contributed by atoms with Crippen LogP contribution in [0.2, 0.25) is 5.02 Å². The van der Waals surface area contributed by atoms with Gasteiger partial charge in [0.15, 0.2) is 0 Å². The van der Waals surface area contributed by atoms with Crippen molar-refractivity contribution in [3.8, 4) is 0 Å². The van der Waals surface area contributed by atoms with E-state index in [-0.39, 0.29) is 16.8 Å². The molecule has 1 saturated carbocycles. The first-order chi connectivity index (χ1) is 9.87. The molecule has 6 heteroatoms. The molecule has 1 fully saturated rings. The third kappa shape index (κ3) is 3.55. The second-order valence-electron chi connectivity index (χ2n) is 5.74. The molecule has 2 rings (SSSR count). The highest BCUT2D eigenvalue weighted by atomic mass is 35.5. The van der Waals surface area contributed by atoms with Gasteiger partial charge in [-0.3, -0.25) is 0 Å². The van der Waals surface area contributed by atoms with Crippen LogP contribution in [0.1, 0.15) is 38.2 Å². The van der Waals surface area contributed by atoms with Crippen molar-refractivity contribution >= 4 is 33.2 Å². The maximum Gasteiger partial charge on any atom is 0.243 e. The average molecular weight is 350 g/mol. The molecule has 0 bridgehead atoms. The largest absolute Gasteiger partial charge is 0.243 e. The van der Waals surface area contributed by atoms with E-state index in [4.69, 9.17) is 23.2 Å². The molecule has 118 valence electrons. The normalized spacial score (nSPS) is 23.5. The highest BCUT2D eigenvalue weighted by Gasteiger charge is 2.33. The average Bonchev–Trinajstić information content (AvgIpc) is 2.47. The summed E-state index contributed by atoms with van der Waals surface area (Å²) in [7, 11) is -1.83. The van der Waals surface area contributed by atoms with Crippen LogP contribution < -0.4 is 0 Å². The van der Waals surface area contributed by atoms with E-state index in [1.165, 1.54) is 10.7 Å². The number of nitrogens with zero attached hydrogens (tertiary/aromatic N) is 1. The molecule has 21 heavy (non-hydrogen) atoms. The highest BCUT2D eigenvalue weighted by molar-refractivity contribution is 7.89. The van der Waals surface area contributed by atoms with Gasteiger partial charge in [0, 0.05) is 24.0 Å². The number of rotatable bonds is 4. The van der Waals surface area contributed by atoms with E-state index in [2.05, 4.69) is 6.92 Å². The number of hydrogen-bond acceptors (Lipinski definition) is 2. The topological polar surface area (TPSA) is 37.4 Å². The van der Waals surface area contributed by atoms with Gasteiger partial charge in [0.2, 0.25) is 10.0 Å². The summed E-state index contributed by atoms with van der Waals surface area (Å²) in [6, 6.07) is 4.80. The van der Waals surface area contributed by atoms with E-state index in [1.807, 2.05) is 0 Å².